The van der Waals surface area contributed by atoms with Crippen molar-refractivity contribution in [3.63, 3.8) is 0 Å². The highest BCUT2D eigenvalue weighted by Gasteiger charge is 2.43. The number of anilines is 2. The van der Waals surface area contributed by atoms with E-state index in [2.05, 4.69) is 15.3 Å². The first kappa shape index (κ1) is 24.6. The Bertz CT molecular complexity index is 1470. The molecular formula is C24H28N6O4S. The van der Waals surface area contributed by atoms with Gasteiger partial charge in [0.05, 0.1) is 17.1 Å². The molecule has 1 aliphatic rings. The number of benzene rings is 1. The van der Waals surface area contributed by atoms with Gasteiger partial charge in [0.1, 0.15) is 21.8 Å². The second-order valence-electron chi connectivity index (χ2n) is 9.47. The summed E-state index contributed by atoms with van der Waals surface area (Å²) in [7, 11) is 1.42. The third-order valence-electron chi connectivity index (χ3n) is 5.90. The number of nitrogens with one attached hydrogen (secondary N) is 1. The number of rotatable bonds is 5. The average molecular weight is 497 g/mol. The van der Waals surface area contributed by atoms with Crippen molar-refractivity contribution >= 4 is 46.0 Å². The van der Waals surface area contributed by atoms with Crippen LogP contribution in [-0.2, 0) is 23.2 Å². The van der Waals surface area contributed by atoms with Crippen molar-refractivity contribution in [1.82, 2.24) is 19.1 Å². The quantitative estimate of drug-likeness (QED) is 0.425. The largest absolute Gasteiger partial charge is 0.332 e. The van der Waals surface area contributed by atoms with Gasteiger partial charge in [-0.25, -0.2) is 14.8 Å². The Morgan fingerprint density at radius 1 is 1.14 bits per heavy atom. The molecule has 184 valence electrons. The summed E-state index contributed by atoms with van der Waals surface area (Å²) in [6.07, 6.45) is 0. The summed E-state index contributed by atoms with van der Waals surface area (Å²) >= 11 is 1.10. The van der Waals surface area contributed by atoms with Crippen LogP contribution in [0.5, 0.6) is 0 Å². The maximum atomic E-state index is 13.5. The van der Waals surface area contributed by atoms with Crippen LogP contribution in [-0.4, -0.2) is 42.2 Å². The number of para-hydroxylation sites is 2. The van der Waals surface area contributed by atoms with Gasteiger partial charge in [-0.2, -0.15) is 0 Å². The summed E-state index contributed by atoms with van der Waals surface area (Å²) in [5.41, 5.74) is -0.638. The molecule has 0 atom stereocenters. The first-order valence-electron chi connectivity index (χ1n) is 11.3. The lowest BCUT2D eigenvalue weighted by atomic mass is 9.96. The minimum absolute atomic E-state index is 0.0664. The lowest BCUT2D eigenvalue weighted by Crippen LogP contribution is -2.59. The second-order valence-corrected chi connectivity index (χ2v) is 10.4. The normalized spacial score (nSPS) is 14.8. The smallest absolute Gasteiger partial charge is 0.322 e. The Morgan fingerprint density at radius 2 is 1.83 bits per heavy atom. The van der Waals surface area contributed by atoms with Crippen LogP contribution in [0, 0.1) is 12.8 Å². The first-order valence-corrected chi connectivity index (χ1v) is 12.3. The van der Waals surface area contributed by atoms with E-state index in [1.807, 2.05) is 13.8 Å². The van der Waals surface area contributed by atoms with Crippen molar-refractivity contribution in [3.05, 3.63) is 50.9 Å². The highest BCUT2D eigenvalue weighted by Crippen LogP contribution is 2.37. The Morgan fingerprint density at radius 3 is 2.51 bits per heavy atom. The predicted molar refractivity (Wildman–Crippen MR) is 136 cm³/mol. The first-order chi connectivity index (χ1) is 16.4. The van der Waals surface area contributed by atoms with E-state index in [0.717, 1.165) is 16.3 Å². The number of aromatic nitrogens is 4. The summed E-state index contributed by atoms with van der Waals surface area (Å²) < 4.78 is 2.53. The number of hydrogen-bond donors (Lipinski definition) is 1. The molecule has 0 saturated carbocycles. The van der Waals surface area contributed by atoms with Crippen LogP contribution in [0.15, 0.2) is 38.9 Å². The molecule has 2 amide bonds. The van der Waals surface area contributed by atoms with Gasteiger partial charge in [-0.15, -0.1) is 0 Å². The molecule has 4 rings (SSSR count). The fourth-order valence-electron chi connectivity index (χ4n) is 4.17. The van der Waals surface area contributed by atoms with Gasteiger partial charge < -0.3 is 5.32 Å². The zero-order valence-electron chi connectivity index (χ0n) is 20.6. The van der Waals surface area contributed by atoms with Gasteiger partial charge in [0.15, 0.2) is 5.65 Å². The van der Waals surface area contributed by atoms with Crippen molar-refractivity contribution < 1.29 is 9.59 Å². The number of aryl methyl sites for hydroxylation is 1. The van der Waals surface area contributed by atoms with Gasteiger partial charge >= 0.3 is 5.69 Å². The fraction of sp³-hybridized carbons (Fsp3) is 0.417. The molecule has 0 saturated heterocycles. The minimum Gasteiger partial charge on any atom is -0.322 e. The summed E-state index contributed by atoms with van der Waals surface area (Å²) in [6, 6.07) is 7.12. The van der Waals surface area contributed by atoms with Crippen molar-refractivity contribution in [2.45, 2.75) is 51.7 Å². The third-order valence-corrected chi connectivity index (χ3v) is 6.86. The van der Waals surface area contributed by atoms with E-state index in [-0.39, 0.29) is 34.5 Å². The van der Waals surface area contributed by atoms with Gasteiger partial charge in [0, 0.05) is 13.6 Å². The standard InChI is InChI=1S/C24H28N6O4S/c1-13(2)11-29-19-18(21(32)28(6)23(29)34)20(26-14(3)25-19)35-12-17(31)30-16-10-8-7-9-15(16)27-22(33)24(30,4)5/h7-10,13H,11-12H2,1-6H3,(H,27,33). The van der Waals surface area contributed by atoms with E-state index in [1.165, 1.54) is 16.5 Å². The highest BCUT2D eigenvalue weighted by molar-refractivity contribution is 8.00. The number of carbonyl (C=O) groups is 2. The highest BCUT2D eigenvalue weighted by atomic mass is 32.2. The predicted octanol–water partition coefficient (Wildman–Crippen LogP) is 2.31. The SMILES string of the molecule is Cc1nc(SCC(=O)N2c3ccccc3NC(=O)C2(C)C)c2c(=O)n(C)c(=O)n(CC(C)C)c2n1. The van der Waals surface area contributed by atoms with E-state index in [1.54, 1.807) is 45.0 Å². The zero-order chi connectivity index (χ0) is 25.7. The number of amides is 2. The van der Waals surface area contributed by atoms with Crippen LogP contribution in [0.2, 0.25) is 0 Å². The Kier molecular flexibility index (Phi) is 6.31. The molecule has 1 N–H and O–H groups in total. The van der Waals surface area contributed by atoms with Crippen LogP contribution in [0.4, 0.5) is 11.4 Å². The van der Waals surface area contributed by atoms with Gasteiger partial charge in [0.25, 0.3) is 5.56 Å². The molecule has 0 spiro atoms. The van der Waals surface area contributed by atoms with Crippen LogP contribution >= 0.6 is 11.8 Å². The topological polar surface area (TPSA) is 119 Å². The summed E-state index contributed by atoms with van der Waals surface area (Å²) in [5.74, 6) is -0.124. The molecule has 0 unspecified atom stereocenters. The van der Waals surface area contributed by atoms with Gasteiger partial charge in [-0.05, 0) is 38.8 Å². The summed E-state index contributed by atoms with van der Waals surface area (Å²) in [6.45, 7) is 9.38. The molecule has 3 heterocycles. The van der Waals surface area contributed by atoms with Crippen LogP contribution in [0.25, 0.3) is 11.0 Å². The molecular weight excluding hydrogens is 468 g/mol. The molecule has 0 radical (unpaired) electrons. The molecule has 35 heavy (non-hydrogen) atoms. The molecule has 0 fully saturated rings. The van der Waals surface area contributed by atoms with E-state index in [9.17, 15) is 19.2 Å². The molecule has 1 aromatic carbocycles. The molecule has 1 aliphatic heterocycles. The lowest BCUT2D eigenvalue weighted by Gasteiger charge is -2.42. The fourth-order valence-corrected chi connectivity index (χ4v) is 5.08. The number of nitrogens with zero attached hydrogens (tertiary/aromatic N) is 5. The minimum atomic E-state index is -1.11. The van der Waals surface area contributed by atoms with E-state index >= 15 is 0 Å². The maximum absolute atomic E-state index is 13.5. The average Bonchev–Trinajstić information content (AvgIpc) is 2.79. The second kappa shape index (κ2) is 8.95. The zero-order valence-corrected chi connectivity index (χ0v) is 21.4. The van der Waals surface area contributed by atoms with Crippen molar-refractivity contribution in [3.8, 4) is 0 Å². The number of carbonyl (C=O) groups excluding carboxylic acids is 2. The Labute approximate surface area is 206 Å². The van der Waals surface area contributed by atoms with E-state index in [4.69, 9.17) is 0 Å². The van der Waals surface area contributed by atoms with Crippen molar-refractivity contribution in [2.75, 3.05) is 16.0 Å². The summed E-state index contributed by atoms with van der Waals surface area (Å²) in [4.78, 5) is 62.4. The Hall–Kier alpha value is -3.47. The van der Waals surface area contributed by atoms with Crippen LogP contribution in [0.3, 0.4) is 0 Å². The number of fused-ring (bicyclic) bond motifs is 2. The number of hydrogen-bond acceptors (Lipinski definition) is 7. The van der Waals surface area contributed by atoms with Crippen LogP contribution < -0.4 is 21.5 Å². The third kappa shape index (κ3) is 4.24. The van der Waals surface area contributed by atoms with Crippen LogP contribution in [0.1, 0.15) is 33.5 Å². The molecule has 0 aliphatic carbocycles. The maximum Gasteiger partial charge on any atom is 0.332 e. The molecule has 10 nitrogen and oxygen atoms in total. The van der Waals surface area contributed by atoms with Gasteiger partial charge in [-0.1, -0.05) is 37.7 Å². The molecule has 2 aromatic heterocycles. The summed E-state index contributed by atoms with van der Waals surface area (Å²) in [5, 5.41) is 3.37. The monoisotopic (exact) mass is 496 g/mol. The van der Waals surface area contributed by atoms with E-state index < -0.39 is 16.8 Å². The number of thioether (sulfide) groups is 1. The molecule has 11 heteroatoms. The lowest BCUT2D eigenvalue weighted by molar-refractivity contribution is -0.125. The van der Waals surface area contributed by atoms with Gasteiger partial charge in [0.2, 0.25) is 11.8 Å². The Balaban J connectivity index is 1.77. The van der Waals surface area contributed by atoms with E-state index in [0.29, 0.717) is 28.8 Å². The van der Waals surface area contributed by atoms with Crippen molar-refractivity contribution in [2.24, 2.45) is 13.0 Å². The van der Waals surface area contributed by atoms with Gasteiger partial charge in [-0.3, -0.25) is 28.4 Å². The molecule has 0 bridgehead atoms. The molecule has 3 aromatic rings. The van der Waals surface area contributed by atoms with Crippen molar-refractivity contribution in [1.29, 1.82) is 0 Å².